The third-order valence-corrected chi connectivity index (χ3v) is 3.02. The molecule has 0 aliphatic heterocycles. The largest absolute Gasteiger partial charge is 0.339 e. The van der Waals surface area contributed by atoms with Crippen LogP contribution in [0.4, 0.5) is 11.5 Å². The Kier molecular flexibility index (Phi) is 3.81. The van der Waals surface area contributed by atoms with Crippen LogP contribution in [0.15, 0.2) is 36.5 Å². The van der Waals surface area contributed by atoms with Gasteiger partial charge in [-0.05, 0) is 30.2 Å². The molecule has 0 saturated carbocycles. The molecule has 90 valence electrons. The van der Waals surface area contributed by atoms with Gasteiger partial charge in [0.25, 0.3) is 0 Å². The highest BCUT2D eigenvalue weighted by Gasteiger charge is 2.07. The van der Waals surface area contributed by atoms with Gasteiger partial charge in [-0.1, -0.05) is 30.7 Å². The Labute approximate surface area is 111 Å². The van der Waals surface area contributed by atoms with Crippen molar-refractivity contribution in [2.45, 2.75) is 13.3 Å². The summed E-state index contributed by atoms with van der Waals surface area (Å²) in [6, 6.07) is 11.6. The van der Waals surface area contributed by atoms with Crippen molar-refractivity contribution in [3.05, 3.63) is 52.7 Å². The summed E-state index contributed by atoms with van der Waals surface area (Å²) in [4.78, 5) is 4.13. The molecule has 3 nitrogen and oxygen atoms in total. The fourth-order valence-corrected chi connectivity index (χ4v) is 1.78. The first-order chi connectivity index (χ1) is 8.74. The van der Waals surface area contributed by atoms with Crippen LogP contribution in [-0.2, 0) is 6.42 Å². The van der Waals surface area contributed by atoms with E-state index < -0.39 is 0 Å². The SMILES string of the molecule is CCc1ccc(Nc2nccc(C#N)c2Cl)cc1. The molecule has 1 aromatic heterocycles. The van der Waals surface area contributed by atoms with Gasteiger partial charge in [0.05, 0.1) is 5.56 Å². The van der Waals surface area contributed by atoms with E-state index in [1.54, 1.807) is 12.3 Å². The summed E-state index contributed by atoms with van der Waals surface area (Å²) >= 11 is 6.07. The zero-order chi connectivity index (χ0) is 13.0. The van der Waals surface area contributed by atoms with Gasteiger partial charge in [-0.2, -0.15) is 5.26 Å². The van der Waals surface area contributed by atoms with Crippen LogP contribution in [0.3, 0.4) is 0 Å². The number of hydrogen-bond acceptors (Lipinski definition) is 3. The summed E-state index contributed by atoms with van der Waals surface area (Å²) < 4.78 is 0. The number of nitrogens with zero attached hydrogens (tertiary/aromatic N) is 2. The Morgan fingerprint density at radius 1 is 1.28 bits per heavy atom. The van der Waals surface area contributed by atoms with Gasteiger partial charge in [-0.25, -0.2) is 4.98 Å². The van der Waals surface area contributed by atoms with Crippen LogP contribution in [0.5, 0.6) is 0 Å². The van der Waals surface area contributed by atoms with Gasteiger partial charge in [0.2, 0.25) is 0 Å². The van der Waals surface area contributed by atoms with Gasteiger partial charge < -0.3 is 5.32 Å². The Morgan fingerprint density at radius 3 is 2.61 bits per heavy atom. The molecule has 0 aliphatic carbocycles. The number of aryl methyl sites for hydroxylation is 1. The summed E-state index contributed by atoms with van der Waals surface area (Å²) in [7, 11) is 0. The van der Waals surface area contributed by atoms with Crippen molar-refractivity contribution in [2.75, 3.05) is 5.32 Å². The first kappa shape index (κ1) is 12.4. The summed E-state index contributed by atoms with van der Waals surface area (Å²) in [5.41, 5.74) is 2.58. The molecule has 1 aromatic carbocycles. The van der Waals surface area contributed by atoms with Crippen LogP contribution >= 0.6 is 11.6 Å². The van der Waals surface area contributed by atoms with Crippen LogP contribution in [0, 0.1) is 11.3 Å². The number of benzene rings is 1. The first-order valence-corrected chi connectivity index (χ1v) is 6.03. The van der Waals surface area contributed by atoms with Gasteiger partial charge in [0.15, 0.2) is 5.82 Å². The van der Waals surface area contributed by atoms with Crippen LogP contribution in [0.2, 0.25) is 5.02 Å². The van der Waals surface area contributed by atoms with Crippen LogP contribution in [0.1, 0.15) is 18.1 Å². The molecule has 0 fully saturated rings. The third kappa shape index (κ3) is 2.61. The monoisotopic (exact) mass is 257 g/mol. The van der Waals surface area contributed by atoms with E-state index in [1.807, 2.05) is 30.3 Å². The van der Waals surface area contributed by atoms with Gasteiger partial charge in [-0.3, -0.25) is 0 Å². The topological polar surface area (TPSA) is 48.7 Å². The predicted octanol–water partition coefficient (Wildman–Crippen LogP) is 3.91. The minimum absolute atomic E-state index is 0.347. The first-order valence-electron chi connectivity index (χ1n) is 5.65. The number of halogens is 1. The van der Waals surface area contributed by atoms with Crippen molar-refractivity contribution < 1.29 is 0 Å². The van der Waals surface area contributed by atoms with Crippen LogP contribution in [0.25, 0.3) is 0 Å². The Balaban J connectivity index is 2.26. The Hall–Kier alpha value is -2.05. The molecule has 2 aromatic rings. The highest BCUT2D eigenvalue weighted by Crippen LogP contribution is 2.26. The maximum Gasteiger partial charge on any atom is 0.150 e. The number of anilines is 2. The number of hydrogen-bond donors (Lipinski definition) is 1. The fourth-order valence-electron chi connectivity index (χ4n) is 1.58. The molecule has 0 atom stereocenters. The molecule has 1 N–H and O–H groups in total. The Bertz CT molecular complexity index is 585. The molecule has 0 unspecified atom stereocenters. The number of aromatic nitrogens is 1. The van der Waals surface area contributed by atoms with E-state index in [4.69, 9.17) is 16.9 Å². The average molecular weight is 258 g/mol. The van der Waals surface area contributed by atoms with Crippen LogP contribution < -0.4 is 5.32 Å². The second-order valence-electron chi connectivity index (χ2n) is 3.81. The van der Waals surface area contributed by atoms with E-state index in [1.165, 1.54) is 5.56 Å². The van der Waals surface area contributed by atoms with Crippen molar-refractivity contribution in [2.24, 2.45) is 0 Å². The normalized spacial score (nSPS) is 9.83. The molecule has 0 amide bonds. The molecule has 4 heteroatoms. The maximum atomic E-state index is 8.89. The lowest BCUT2D eigenvalue weighted by Gasteiger charge is -2.08. The van der Waals surface area contributed by atoms with Crippen LogP contribution in [-0.4, -0.2) is 4.98 Å². The molecule has 2 rings (SSSR count). The number of pyridine rings is 1. The molecule has 0 aliphatic rings. The molecular weight excluding hydrogens is 246 g/mol. The number of rotatable bonds is 3. The summed E-state index contributed by atoms with van der Waals surface area (Å²) in [6.45, 7) is 2.11. The second kappa shape index (κ2) is 5.52. The highest BCUT2D eigenvalue weighted by atomic mass is 35.5. The molecule has 0 bridgehead atoms. The van der Waals surface area contributed by atoms with Crippen molar-refractivity contribution in [3.8, 4) is 6.07 Å². The molecule has 1 heterocycles. The van der Waals surface area contributed by atoms with Crippen molar-refractivity contribution in [3.63, 3.8) is 0 Å². The lowest BCUT2D eigenvalue weighted by atomic mass is 10.1. The Morgan fingerprint density at radius 2 is 2.00 bits per heavy atom. The lowest BCUT2D eigenvalue weighted by Crippen LogP contribution is -1.96. The lowest BCUT2D eigenvalue weighted by molar-refractivity contribution is 1.14. The molecule has 0 radical (unpaired) electrons. The van der Waals surface area contributed by atoms with Crippen molar-refractivity contribution in [1.29, 1.82) is 5.26 Å². The summed E-state index contributed by atoms with van der Waals surface area (Å²) in [5.74, 6) is 0.500. The molecular formula is C14H12ClN3. The van der Waals surface area contributed by atoms with Gasteiger partial charge >= 0.3 is 0 Å². The number of nitrogens with one attached hydrogen (secondary N) is 1. The highest BCUT2D eigenvalue weighted by molar-refractivity contribution is 6.34. The minimum Gasteiger partial charge on any atom is -0.339 e. The van der Waals surface area contributed by atoms with Gasteiger partial charge in [0, 0.05) is 11.9 Å². The summed E-state index contributed by atoms with van der Waals surface area (Å²) in [6.07, 6.45) is 2.57. The minimum atomic E-state index is 0.347. The van der Waals surface area contributed by atoms with E-state index in [2.05, 4.69) is 17.2 Å². The van der Waals surface area contributed by atoms with E-state index in [0.29, 0.717) is 16.4 Å². The predicted molar refractivity (Wildman–Crippen MR) is 73.1 cm³/mol. The van der Waals surface area contributed by atoms with E-state index in [-0.39, 0.29) is 0 Å². The summed E-state index contributed by atoms with van der Waals surface area (Å²) in [5, 5.41) is 12.3. The molecule has 0 spiro atoms. The fraction of sp³-hybridized carbons (Fsp3) is 0.143. The maximum absolute atomic E-state index is 8.89. The van der Waals surface area contributed by atoms with E-state index in [9.17, 15) is 0 Å². The van der Waals surface area contributed by atoms with Gasteiger partial charge in [-0.15, -0.1) is 0 Å². The number of nitriles is 1. The van der Waals surface area contributed by atoms with E-state index >= 15 is 0 Å². The average Bonchev–Trinajstić information content (AvgIpc) is 2.42. The van der Waals surface area contributed by atoms with Crippen molar-refractivity contribution >= 4 is 23.1 Å². The van der Waals surface area contributed by atoms with Crippen molar-refractivity contribution in [1.82, 2.24) is 4.98 Å². The molecule has 18 heavy (non-hydrogen) atoms. The van der Waals surface area contributed by atoms with Gasteiger partial charge in [0.1, 0.15) is 11.1 Å². The quantitative estimate of drug-likeness (QED) is 0.907. The standard InChI is InChI=1S/C14H12ClN3/c1-2-10-3-5-12(6-4-10)18-14-13(15)11(9-16)7-8-17-14/h3-8H,2H2,1H3,(H,17,18). The zero-order valence-electron chi connectivity index (χ0n) is 9.94. The molecule has 0 saturated heterocycles. The second-order valence-corrected chi connectivity index (χ2v) is 4.19. The van der Waals surface area contributed by atoms with E-state index in [0.717, 1.165) is 12.1 Å². The third-order valence-electron chi connectivity index (χ3n) is 2.63. The zero-order valence-corrected chi connectivity index (χ0v) is 10.7. The smallest absolute Gasteiger partial charge is 0.150 e.